The number of ketones is 1. The van der Waals surface area contributed by atoms with Gasteiger partial charge in [0.2, 0.25) is 9.84 Å². The van der Waals surface area contributed by atoms with Gasteiger partial charge in [-0.3, -0.25) is 8.62 Å². The van der Waals surface area contributed by atoms with Crippen molar-refractivity contribution in [1.29, 1.82) is 0 Å². The van der Waals surface area contributed by atoms with Gasteiger partial charge in [0.25, 0.3) is 5.79 Å². The molecule has 146 valence electrons. The minimum Gasteiger partial charge on any atom is -0.387 e. The molecule has 1 aliphatic heterocycles. The van der Waals surface area contributed by atoms with Gasteiger partial charge in [0.15, 0.2) is 11.2 Å². The highest BCUT2D eigenvalue weighted by Gasteiger charge is 2.60. The van der Waals surface area contributed by atoms with Crippen LogP contribution < -0.4 is 0 Å². The van der Waals surface area contributed by atoms with Crippen LogP contribution in [0.15, 0.2) is 29.2 Å². The highest BCUT2D eigenvalue weighted by Crippen LogP contribution is 2.36. The van der Waals surface area contributed by atoms with Crippen molar-refractivity contribution in [1.82, 2.24) is 0 Å². The van der Waals surface area contributed by atoms with E-state index in [0.29, 0.717) is 0 Å². The zero-order valence-electron chi connectivity index (χ0n) is 13.8. The van der Waals surface area contributed by atoms with Gasteiger partial charge >= 0.3 is 0 Å². The molecule has 2 rings (SSSR count). The van der Waals surface area contributed by atoms with Gasteiger partial charge in [-0.1, -0.05) is 17.7 Å². The Bertz CT molecular complexity index is 766. The second-order valence-electron chi connectivity index (χ2n) is 6.06. The standard InChI is InChI=1S/C15H19BrO9S/c1-7-3-5-9(6-4-7)26(22,23)14(21)12-10(18)11(19)13(20)15(24-12,25-16)8(2)17/h3-6,10-14,18-21H,1-2H3/t10-,11-,12-,13-,14?,15?/m0/s1. The Hall–Kier alpha value is -0.920. The maximum Gasteiger partial charge on any atom is 0.269 e. The van der Waals surface area contributed by atoms with E-state index < -0.39 is 51.3 Å². The van der Waals surface area contributed by atoms with Crippen LogP contribution in [0.4, 0.5) is 0 Å². The Kier molecular flexibility index (Phi) is 6.25. The molecule has 9 nitrogen and oxygen atoms in total. The summed E-state index contributed by atoms with van der Waals surface area (Å²) in [6.07, 6.45) is -8.02. The van der Waals surface area contributed by atoms with E-state index in [-0.39, 0.29) is 4.90 Å². The van der Waals surface area contributed by atoms with Crippen LogP contribution >= 0.6 is 16.3 Å². The summed E-state index contributed by atoms with van der Waals surface area (Å²) < 4.78 is 35.1. The Morgan fingerprint density at radius 3 is 2.23 bits per heavy atom. The molecule has 1 aromatic carbocycles. The summed E-state index contributed by atoms with van der Waals surface area (Å²) in [6, 6.07) is 5.54. The number of hydrogen-bond acceptors (Lipinski definition) is 9. The minimum atomic E-state index is -4.42. The smallest absolute Gasteiger partial charge is 0.269 e. The van der Waals surface area contributed by atoms with Gasteiger partial charge in [-0.25, -0.2) is 8.42 Å². The van der Waals surface area contributed by atoms with Crippen LogP contribution in [0.1, 0.15) is 12.5 Å². The minimum absolute atomic E-state index is 0.250. The van der Waals surface area contributed by atoms with E-state index in [4.69, 9.17) is 8.57 Å². The molecule has 0 amide bonds. The number of aryl methyl sites for hydroxylation is 1. The predicted molar refractivity (Wildman–Crippen MR) is 90.7 cm³/mol. The van der Waals surface area contributed by atoms with E-state index in [1.165, 1.54) is 24.3 Å². The number of Topliss-reactive ketones (excluding diaryl/α,β-unsaturated/α-hetero) is 1. The predicted octanol–water partition coefficient (Wildman–Crippen LogP) is -0.820. The average molecular weight is 455 g/mol. The highest BCUT2D eigenvalue weighted by molar-refractivity contribution is 9.06. The molecule has 6 atom stereocenters. The second kappa shape index (κ2) is 7.60. The van der Waals surface area contributed by atoms with Crippen molar-refractivity contribution < 1.29 is 42.2 Å². The molecule has 1 fully saturated rings. The van der Waals surface area contributed by atoms with Crippen molar-refractivity contribution >= 4 is 31.9 Å². The molecule has 0 radical (unpaired) electrons. The lowest BCUT2D eigenvalue weighted by molar-refractivity contribution is -0.317. The van der Waals surface area contributed by atoms with E-state index in [9.17, 15) is 33.6 Å². The zero-order chi connectivity index (χ0) is 19.9. The van der Waals surface area contributed by atoms with Gasteiger partial charge in [0.1, 0.15) is 40.7 Å². The summed E-state index contributed by atoms with van der Waals surface area (Å²) in [7, 11) is -4.42. The number of aliphatic hydroxyl groups is 4. The number of sulfone groups is 1. The van der Waals surface area contributed by atoms with Crippen molar-refractivity contribution in [3.8, 4) is 0 Å². The molecule has 0 aliphatic carbocycles. The molecule has 4 N–H and O–H groups in total. The molecule has 1 aliphatic rings. The first-order chi connectivity index (χ1) is 12.0. The molecule has 0 bridgehead atoms. The fourth-order valence-electron chi connectivity index (χ4n) is 2.63. The summed E-state index contributed by atoms with van der Waals surface area (Å²) in [5.74, 6) is -3.43. The second-order valence-corrected chi connectivity index (χ2v) is 8.43. The Labute approximate surface area is 158 Å². The van der Waals surface area contributed by atoms with E-state index in [1.807, 2.05) is 0 Å². The zero-order valence-corrected chi connectivity index (χ0v) is 16.2. The summed E-state index contributed by atoms with van der Waals surface area (Å²) in [6.45, 7) is 2.71. The Morgan fingerprint density at radius 1 is 1.23 bits per heavy atom. The third-order valence-electron chi connectivity index (χ3n) is 4.26. The number of halogens is 1. The van der Waals surface area contributed by atoms with Crippen LogP contribution in [-0.4, -0.2) is 70.3 Å². The topological polar surface area (TPSA) is 151 Å². The van der Waals surface area contributed by atoms with Crippen molar-refractivity contribution in [2.75, 3.05) is 0 Å². The molecule has 26 heavy (non-hydrogen) atoms. The number of aliphatic hydroxyl groups excluding tert-OH is 4. The Balaban J connectivity index is 2.44. The van der Waals surface area contributed by atoms with Crippen molar-refractivity contribution in [3.05, 3.63) is 29.8 Å². The van der Waals surface area contributed by atoms with Gasteiger partial charge in [0.05, 0.1) is 4.90 Å². The van der Waals surface area contributed by atoms with Gasteiger partial charge in [-0.15, -0.1) is 0 Å². The molecular formula is C15H19BrO9S. The van der Waals surface area contributed by atoms with E-state index in [0.717, 1.165) is 12.5 Å². The average Bonchev–Trinajstić information content (AvgIpc) is 2.60. The fraction of sp³-hybridized carbons (Fsp3) is 0.533. The van der Waals surface area contributed by atoms with Gasteiger partial charge in [0, 0.05) is 6.92 Å². The summed E-state index contributed by atoms with van der Waals surface area (Å²) >= 11 is 2.51. The summed E-state index contributed by atoms with van der Waals surface area (Å²) in [5.41, 5.74) is -1.56. The molecule has 2 unspecified atom stereocenters. The monoisotopic (exact) mass is 454 g/mol. The van der Waals surface area contributed by atoms with Crippen molar-refractivity contribution in [3.63, 3.8) is 0 Å². The SMILES string of the molecule is CC(=O)C1(OBr)O[C@H](C(O)S(=O)(=O)c2ccc(C)cc2)[C@@H](O)[C@H](O)[C@@H]1O. The lowest BCUT2D eigenvalue weighted by Gasteiger charge is -2.46. The molecular weight excluding hydrogens is 436 g/mol. The van der Waals surface area contributed by atoms with Gasteiger partial charge in [-0.2, -0.15) is 0 Å². The lowest BCUT2D eigenvalue weighted by Crippen LogP contribution is -2.69. The van der Waals surface area contributed by atoms with Crippen LogP contribution in [0, 0.1) is 6.92 Å². The van der Waals surface area contributed by atoms with Gasteiger partial charge < -0.3 is 25.2 Å². The summed E-state index contributed by atoms with van der Waals surface area (Å²) in [4.78, 5) is 11.6. The van der Waals surface area contributed by atoms with Gasteiger partial charge in [-0.05, 0) is 19.1 Å². The largest absolute Gasteiger partial charge is 0.387 e. The van der Waals surface area contributed by atoms with Crippen molar-refractivity contribution in [2.45, 2.75) is 54.4 Å². The number of benzene rings is 1. The quantitative estimate of drug-likeness (QED) is 0.447. The third kappa shape index (κ3) is 3.45. The molecule has 1 aromatic rings. The molecule has 0 spiro atoms. The number of rotatable bonds is 5. The van der Waals surface area contributed by atoms with Crippen LogP contribution in [-0.2, 0) is 23.2 Å². The highest BCUT2D eigenvalue weighted by atomic mass is 79.9. The molecule has 11 heteroatoms. The Morgan fingerprint density at radius 2 is 1.77 bits per heavy atom. The first-order valence-corrected chi connectivity index (χ1v) is 9.70. The van der Waals surface area contributed by atoms with Crippen LogP contribution in [0.5, 0.6) is 0 Å². The maximum absolute atomic E-state index is 12.6. The van der Waals surface area contributed by atoms with Crippen molar-refractivity contribution in [2.24, 2.45) is 0 Å². The van der Waals surface area contributed by atoms with E-state index in [2.05, 4.69) is 16.3 Å². The number of carbonyl (C=O) groups is 1. The normalized spacial score (nSPS) is 33.7. The number of carbonyl (C=O) groups excluding carboxylic acids is 1. The summed E-state index contributed by atoms with van der Waals surface area (Å²) in [5, 5.41) is 40.5. The van der Waals surface area contributed by atoms with Crippen LogP contribution in [0.3, 0.4) is 0 Å². The molecule has 0 saturated carbocycles. The third-order valence-corrected chi connectivity index (χ3v) is 6.58. The fourth-order valence-corrected chi connectivity index (χ4v) is 4.49. The van der Waals surface area contributed by atoms with E-state index in [1.54, 1.807) is 6.92 Å². The number of hydrogen-bond donors (Lipinski definition) is 4. The molecule has 1 heterocycles. The van der Waals surface area contributed by atoms with Crippen LogP contribution in [0.2, 0.25) is 0 Å². The number of ether oxygens (including phenoxy) is 1. The lowest BCUT2D eigenvalue weighted by atomic mass is 9.90. The van der Waals surface area contributed by atoms with Crippen LogP contribution in [0.25, 0.3) is 0 Å². The molecule has 0 aromatic heterocycles. The first kappa shape index (κ1) is 21.4. The molecule has 1 saturated heterocycles. The van der Waals surface area contributed by atoms with E-state index >= 15 is 0 Å². The maximum atomic E-state index is 12.6. The first-order valence-electron chi connectivity index (χ1n) is 7.50.